The molecule has 0 bridgehead atoms. The molecule has 4 nitrogen and oxygen atoms in total. The summed E-state index contributed by atoms with van der Waals surface area (Å²) < 4.78 is 2.01. The Labute approximate surface area is 112 Å². The molecular formula is C15H16N4. The van der Waals surface area contributed by atoms with Gasteiger partial charge in [0.05, 0.1) is 18.3 Å². The van der Waals surface area contributed by atoms with Gasteiger partial charge in [0.1, 0.15) is 5.82 Å². The lowest BCUT2D eigenvalue weighted by Crippen LogP contribution is -2.07. The van der Waals surface area contributed by atoms with E-state index < -0.39 is 0 Å². The fourth-order valence-corrected chi connectivity index (χ4v) is 2.21. The van der Waals surface area contributed by atoms with E-state index in [9.17, 15) is 0 Å². The lowest BCUT2D eigenvalue weighted by molar-refractivity contribution is 0.710. The average molecular weight is 252 g/mol. The average Bonchev–Trinajstić information content (AvgIpc) is 2.85. The minimum absolute atomic E-state index is 0.726. The summed E-state index contributed by atoms with van der Waals surface area (Å²) in [6.07, 6.45) is 3.71. The van der Waals surface area contributed by atoms with Crippen LogP contribution in [0, 0.1) is 0 Å². The first-order valence-electron chi connectivity index (χ1n) is 6.47. The van der Waals surface area contributed by atoms with Crippen LogP contribution in [-0.2, 0) is 6.54 Å². The SMILES string of the molecule is CCNc1ncccc1Cn1ncc2ccccc21. The molecular weight excluding hydrogens is 236 g/mol. The van der Waals surface area contributed by atoms with Crippen LogP contribution in [0.4, 0.5) is 5.82 Å². The second kappa shape index (κ2) is 5.10. The molecule has 0 amide bonds. The van der Waals surface area contributed by atoms with Crippen LogP contribution in [-0.4, -0.2) is 21.3 Å². The summed E-state index contributed by atoms with van der Waals surface area (Å²) in [5, 5.41) is 8.90. The van der Waals surface area contributed by atoms with Crippen LogP contribution < -0.4 is 5.32 Å². The van der Waals surface area contributed by atoms with Gasteiger partial charge in [0.2, 0.25) is 0 Å². The van der Waals surface area contributed by atoms with Gasteiger partial charge in [0.15, 0.2) is 0 Å². The Hall–Kier alpha value is -2.36. The van der Waals surface area contributed by atoms with E-state index >= 15 is 0 Å². The van der Waals surface area contributed by atoms with E-state index in [0.717, 1.165) is 35.4 Å². The van der Waals surface area contributed by atoms with E-state index in [1.807, 2.05) is 35.3 Å². The zero-order valence-electron chi connectivity index (χ0n) is 10.9. The van der Waals surface area contributed by atoms with E-state index in [1.54, 1.807) is 0 Å². The number of rotatable bonds is 4. The molecule has 0 aliphatic heterocycles. The number of anilines is 1. The lowest BCUT2D eigenvalue weighted by atomic mass is 10.2. The fraction of sp³-hybridized carbons (Fsp3) is 0.200. The van der Waals surface area contributed by atoms with E-state index in [0.29, 0.717) is 0 Å². The summed E-state index contributed by atoms with van der Waals surface area (Å²) in [5.74, 6) is 0.935. The number of nitrogens with one attached hydrogen (secondary N) is 1. The van der Waals surface area contributed by atoms with Crippen molar-refractivity contribution in [2.24, 2.45) is 0 Å². The minimum atomic E-state index is 0.726. The predicted octanol–water partition coefficient (Wildman–Crippen LogP) is 2.91. The van der Waals surface area contributed by atoms with Crippen molar-refractivity contribution in [2.45, 2.75) is 13.5 Å². The number of nitrogens with zero attached hydrogens (tertiary/aromatic N) is 3. The molecule has 0 saturated heterocycles. The van der Waals surface area contributed by atoms with Crippen molar-refractivity contribution < 1.29 is 0 Å². The van der Waals surface area contributed by atoms with Crippen LogP contribution in [0.15, 0.2) is 48.8 Å². The Balaban J connectivity index is 1.97. The highest BCUT2D eigenvalue weighted by Gasteiger charge is 2.06. The van der Waals surface area contributed by atoms with Gasteiger partial charge in [-0.15, -0.1) is 0 Å². The molecule has 4 heteroatoms. The first-order valence-corrected chi connectivity index (χ1v) is 6.47. The van der Waals surface area contributed by atoms with Crippen LogP contribution >= 0.6 is 0 Å². The smallest absolute Gasteiger partial charge is 0.130 e. The lowest BCUT2D eigenvalue weighted by Gasteiger charge is -2.10. The first-order chi connectivity index (χ1) is 9.38. The zero-order chi connectivity index (χ0) is 13.1. The molecule has 96 valence electrons. The molecule has 0 aliphatic rings. The molecule has 0 aliphatic carbocycles. The van der Waals surface area contributed by atoms with Crippen molar-refractivity contribution in [2.75, 3.05) is 11.9 Å². The van der Waals surface area contributed by atoms with Crippen molar-refractivity contribution >= 4 is 16.7 Å². The topological polar surface area (TPSA) is 42.7 Å². The molecule has 2 aromatic heterocycles. The Kier molecular flexibility index (Phi) is 3.14. The minimum Gasteiger partial charge on any atom is -0.370 e. The summed E-state index contributed by atoms with van der Waals surface area (Å²) in [4.78, 5) is 4.38. The summed E-state index contributed by atoms with van der Waals surface area (Å²) in [7, 11) is 0. The largest absolute Gasteiger partial charge is 0.370 e. The molecule has 0 unspecified atom stereocenters. The second-order valence-electron chi connectivity index (χ2n) is 4.40. The molecule has 1 aromatic carbocycles. The van der Waals surface area contributed by atoms with E-state index in [4.69, 9.17) is 0 Å². The number of pyridine rings is 1. The molecule has 0 atom stereocenters. The summed E-state index contributed by atoms with van der Waals surface area (Å²) >= 11 is 0. The van der Waals surface area contributed by atoms with Crippen molar-refractivity contribution in [3.05, 3.63) is 54.4 Å². The number of benzene rings is 1. The molecule has 3 aromatic rings. The van der Waals surface area contributed by atoms with Crippen molar-refractivity contribution in [1.82, 2.24) is 14.8 Å². The highest BCUT2D eigenvalue weighted by molar-refractivity contribution is 5.78. The molecule has 0 fully saturated rings. The molecule has 0 radical (unpaired) electrons. The Morgan fingerprint density at radius 3 is 2.95 bits per heavy atom. The Bertz CT molecular complexity index is 687. The van der Waals surface area contributed by atoms with Crippen molar-refractivity contribution in [3.63, 3.8) is 0 Å². The Morgan fingerprint density at radius 1 is 1.16 bits per heavy atom. The molecule has 1 N–H and O–H groups in total. The number of aromatic nitrogens is 3. The van der Waals surface area contributed by atoms with Gasteiger partial charge < -0.3 is 5.32 Å². The third-order valence-corrected chi connectivity index (χ3v) is 3.11. The van der Waals surface area contributed by atoms with Gasteiger partial charge in [-0.3, -0.25) is 4.68 Å². The van der Waals surface area contributed by atoms with Crippen LogP contribution in [0.3, 0.4) is 0 Å². The van der Waals surface area contributed by atoms with Gasteiger partial charge in [0, 0.05) is 23.7 Å². The fourth-order valence-electron chi connectivity index (χ4n) is 2.21. The van der Waals surface area contributed by atoms with Crippen LogP contribution in [0.2, 0.25) is 0 Å². The standard InChI is InChI=1S/C15H16N4/c1-2-16-15-13(7-5-9-17-15)11-19-14-8-4-3-6-12(14)10-18-19/h3-10H,2,11H2,1H3,(H,16,17). The van der Waals surface area contributed by atoms with Crippen LogP contribution in [0.25, 0.3) is 10.9 Å². The van der Waals surface area contributed by atoms with Crippen molar-refractivity contribution in [1.29, 1.82) is 0 Å². The molecule has 2 heterocycles. The molecule has 3 rings (SSSR count). The monoisotopic (exact) mass is 252 g/mol. The molecule has 0 spiro atoms. The quantitative estimate of drug-likeness (QED) is 0.776. The maximum Gasteiger partial charge on any atom is 0.130 e. The highest BCUT2D eigenvalue weighted by atomic mass is 15.3. The normalized spacial score (nSPS) is 10.8. The molecule has 19 heavy (non-hydrogen) atoms. The second-order valence-corrected chi connectivity index (χ2v) is 4.40. The van der Waals surface area contributed by atoms with Gasteiger partial charge in [0.25, 0.3) is 0 Å². The third-order valence-electron chi connectivity index (χ3n) is 3.11. The summed E-state index contributed by atoms with van der Waals surface area (Å²) in [6, 6.07) is 12.3. The highest BCUT2D eigenvalue weighted by Crippen LogP contribution is 2.17. The number of hydrogen-bond donors (Lipinski definition) is 1. The maximum absolute atomic E-state index is 4.45. The predicted molar refractivity (Wildman–Crippen MR) is 77.2 cm³/mol. The Morgan fingerprint density at radius 2 is 2.05 bits per heavy atom. The van der Waals surface area contributed by atoms with Gasteiger partial charge in [-0.05, 0) is 19.1 Å². The zero-order valence-corrected chi connectivity index (χ0v) is 10.9. The summed E-state index contributed by atoms with van der Waals surface area (Å²) in [5.41, 5.74) is 2.30. The van der Waals surface area contributed by atoms with Crippen LogP contribution in [0.1, 0.15) is 12.5 Å². The number of fused-ring (bicyclic) bond motifs is 1. The van der Waals surface area contributed by atoms with E-state index in [-0.39, 0.29) is 0 Å². The number of para-hydroxylation sites is 1. The van der Waals surface area contributed by atoms with Crippen molar-refractivity contribution in [3.8, 4) is 0 Å². The van der Waals surface area contributed by atoms with Gasteiger partial charge in [-0.25, -0.2) is 4.98 Å². The van der Waals surface area contributed by atoms with Crippen LogP contribution in [0.5, 0.6) is 0 Å². The number of hydrogen-bond acceptors (Lipinski definition) is 3. The van der Waals surface area contributed by atoms with E-state index in [2.05, 4.69) is 40.5 Å². The summed E-state index contributed by atoms with van der Waals surface area (Å²) in [6.45, 7) is 3.66. The van der Waals surface area contributed by atoms with Gasteiger partial charge in [-0.1, -0.05) is 24.3 Å². The van der Waals surface area contributed by atoms with Gasteiger partial charge in [-0.2, -0.15) is 5.10 Å². The molecule has 0 saturated carbocycles. The third kappa shape index (κ3) is 2.29. The van der Waals surface area contributed by atoms with E-state index in [1.165, 1.54) is 0 Å². The van der Waals surface area contributed by atoms with Gasteiger partial charge >= 0.3 is 0 Å². The maximum atomic E-state index is 4.45. The first kappa shape index (κ1) is 11.7.